The highest BCUT2D eigenvalue weighted by molar-refractivity contribution is 5.79. The molecule has 51 heavy (non-hydrogen) atoms. The van der Waals surface area contributed by atoms with Gasteiger partial charge in [-0.15, -0.1) is 0 Å². The molecule has 1 heterocycles. The van der Waals surface area contributed by atoms with Crippen LogP contribution in [0.3, 0.4) is 0 Å². The molecule has 4 atom stereocenters. The number of nitrogens with one attached hydrogen (secondary N) is 1. The third-order valence-corrected chi connectivity index (χ3v) is 11.4. The second-order valence-corrected chi connectivity index (χ2v) is 15.7. The van der Waals surface area contributed by atoms with Gasteiger partial charge in [-0.2, -0.15) is 0 Å². The second-order valence-electron chi connectivity index (χ2n) is 15.7. The van der Waals surface area contributed by atoms with Crippen LogP contribution in [-0.2, 0) is 23.8 Å². The van der Waals surface area contributed by atoms with E-state index in [2.05, 4.69) is 33.0 Å². The van der Waals surface area contributed by atoms with Gasteiger partial charge in [0.25, 0.3) is 0 Å². The van der Waals surface area contributed by atoms with Crippen LogP contribution in [0.5, 0.6) is 0 Å². The van der Waals surface area contributed by atoms with Crippen molar-refractivity contribution in [2.45, 2.75) is 182 Å². The average Bonchev–Trinajstić information content (AvgIpc) is 3.60. The number of ether oxygens (including phenoxy) is 3. The number of carbonyl (C=O) groups is 3. The Morgan fingerprint density at radius 2 is 1.02 bits per heavy atom. The molecule has 0 bridgehead atoms. The number of esters is 1. The summed E-state index contributed by atoms with van der Waals surface area (Å²) >= 11 is 0. The Morgan fingerprint density at radius 3 is 1.45 bits per heavy atom. The molecule has 0 aromatic carbocycles. The van der Waals surface area contributed by atoms with E-state index in [1.165, 1.54) is 38.5 Å². The molecule has 9 nitrogen and oxygen atoms in total. The maximum atomic E-state index is 14.6. The van der Waals surface area contributed by atoms with Crippen LogP contribution in [0.25, 0.3) is 0 Å². The molecule has 0 aliphatic carbocycles. The first-order valence-electron chi connectivity index (χ1n) is 21.2. The number of unbranched alkanes of at least 4 members (excludes halogenated alkanes) is 16. The molecular weight excluding hydrogens is 644 g/mol. The van der Waals surface area contributed by atoms with Crippen LogP contribution in [0.2, 0.25) is 0 Å². The SMILES string of the molecule is CCCCCCCCC(CCCCCC)(C(=O)O)C1COCC1C(CCCCCC)(CCCCCCCC)C(=O)OCOC(=O)NCCN(C)C. The Balaban J connectivity index is 3.50. The summed E-state index contributed by atoms with van der Waals surface area (Å²) in [4.78, 5) is 42.7. The quantitative estimate of drug-likeness (QED) is 0.0390. The Bertz CT molecular complexity index is 916. The van der Waals surface area contributed by atoms with Crippen LogP contribution in [0, 0.1) is 22.7 Å². The van der Waals surface area contributed by atoms with Gasteiger partial charge in [0.2, 0.25) is 6.79 Å². The van der Waals surface area contributed by atoms with Crippen LogP contribution in [0.15, 0.2) is 0 Å². The molecule has 2 N–H and O–H groups in total. The van der Waals surface area contributed by atoms with Crippen LogP contribution < -0.4 is 5.32 Å². The lowest BCUT2D eigenvalue weighted by atomic mass is 9.56. The smallest absolute Gasteiger partial charge is 0.410 e. The number of carboxylic acids is 1. The molecule has 0 radical (unpaired) electrons. The van der Waals surface area contributed by atoms with Crippen molar-refractivity contribution in [1.29, 1.82) is 0 Å². The Morgan fingerprint density at radius 1 is 0.627 bits per heavy atom. The van der Waals surface area contributed by atoms with E-state index in [4.69, 9.17) is 14.2 Å². The molecule has 1 rings (SSSR count). The molecular formula is C42H80N2O7. The first-order chi connectivity index (χ1) is 24.6. The minimum Gasteiger partial charge on any atom is -0.481 e. The molecule has 4 unspecified atom stereocenters. The molecule has 0 aromatic rings. The van der Waals surface area contributed by atoms with Crippen molar-refractivity contribution in [3.63, 3.8) is 0 Å². The zero-order valence-electron chi connectivity index (χ0n) is 34.0. The van der Waals surface area contributed by atoms with Crippen molar-refractivity contribution in [1.82, 2.24) is 10.2 Å². The van der Waals surface area contributed by atoms with Crippen molar-refractivity contribution in [2.75, 3.05) is 47.2 Å². The number of carbonyl (C=O) groups excluding carboxylic acids is 2. The van der Waals surface area contributed by atoms with Gasteiger partial charge in [0.05, 0.1) is 24.0 Å². The molecule has 1 aliphatic rings. The summed E-state index contributed by atoms with van der Waals surface area (Å²) in [6.45, 7) is 10.1. The van der Waals surface area contributed by atoms with Gasteiger partial charge in [-0.1, -0.05) is 156 Å². The summed E-state index contributed by atoms with van der Waals surface area (Å²) in [5, 5.41) is 13.9. The normalized spacial score (nSPS) is 18.3. The lowest BCUT2D eigenvalue weighted by Crippen LogP contribution is -2.50. The zero-order valence-corrected chi connectivity index (χ0v) is 34.0. The van der Waals surface area contributed by atoms with Gasteiger partial charge in [0, 0.05) is 24.9 Å². The van der Waals surface area contributed by atoms with E-state index in [-0.39, 0.29) is 17.8 Å². The number of rotatable bonds is 33. The van der Waals surface area contributed by atoms with Gasteiger partial charge in [-0.05, 0) is 39.8 Å². The summed E-state index contributed by atoms with van der Waals surface area (Å²) in [7, 11) is 3.85. The molecule has 0 aromatic heterocycles. The van der Waals surface area contributed by atoms with E-state index in [9.17, 15) is 19.5 Å². The van der Waals surface area contributed by atoms with Gasteiger partial charge in [-0.25, -0.2) is 4.79 Å². The first-order valence-corrected chi connectivity index (χ1v) is 21.2. The van der Waals surface area contributed by atoms with Gasteiger partial charge in [0.1, 0.15) is 0 Å². The van der Waals surface area contributed by atoms with Gasteiger partial charge >= 0.3 is 18.0 Å². The summed E-state index contributed by atoms with van der Waals surface area (Å²) in [5.41, 5.74) is -1.87. The molecule has 9 heteroatoms. The first kappa shape index (κ1) is 47.2. The van der Waals surface area contributed by atoms with Crippen LogP contribution in [0.1, 0.15) is 182 Å². The standard InChI is InChI=1S/C42H80N2O7/c1-7-11-15-19-21-25-28-41(38(45)46,27-23-17-13-9-3)36-33-49-34-37(36)42(29-24-18-14-10-4,30-26-22-20-16-12-8-2)39(47)50-35-51-40(48)43-31-32-44(5)6/h36-37H,7-35H2,1-6H3,(H,43,48)(H,45,46). The van der Waals surface area contributed by atoms with E-state index in [1.54, 1.807) is 0 Å². The number of nitrogens with zero attached hydrogens (tertiary/aromatic N) is 1. The van der Waals surface area contributed by atoms with E-state index >= 15 is 0 Å². The fourth-order valence-electron chi connectivity index (χ4n) is 8.25. The molecule has 1 amide bonds. The molecule has 1 aliphatic heterocycles. The summed E-state index contributed by atoms with van der Waals surface area (Å²) < 4.78 is 17.5. The third-order valence-electron chi connectivity index (χ3n) is 11.4. The van der Waals surface area contributed by atoms with Crippen LogP contribution in [-0.4, -0.2) is 75.2 Å². The Kier molecular flexibility index (Phi) is 26.4. The number of carboxylic acid groups (broad SMARTS) is 1. The van der Waals surface area contributed by atoms with E-state index in [0.717, 1.165) is 89.9 Å². The number of amides is 1. The lowest BCUT2D eigenvalue weighted by Gasteiger charge is -2.45. The minimum atomic E-state index is -0.960. The number of likely N-dealkylation sites (N-methyl/N-ethyl adjacent to an activating group) is 1. The molecule has 300 valence electrons. The lowest BCUT2D eigenvalue weighted by molar-refractivity contribution is -0.175. The van der Waals surface area contributed by atoms with Gasteiger partial charge < -0.3 is 29.5 Å². The number of hydrogen-bond acceptors (Lipinski definition) is 7. The summed E-state index contributed by atoms with van der Waals surface area (Å²) in [6.07, 6.45) is 23.1. The Hall–Kier alpha value is -1.87. The van der Waals surface area contributed by atoms with Gasteiger partial charge in [0.15, 0.2) is 0 Å². The fraction of sp³-hybridized carbons (Fsp3) is 0.929. The highest BCUT2D eigenvalue weighted by Gasteiger charge is 2.59. The van der Waals surface area contributed by atoms with E-state index < -0.39 is 29.7 Å². The monoisotopic (exact) mass is 725 g/mol. The maximum Gasteiger partial charge on any atom is 0.410 e. The highest BCUT2D eigenvalue weighted by Crippen LogP contribution is 2.54. The molecule has 1 saturated heterocycles. The number of aliphatic carboxylic acids is 1. The maximum absolute atomic E-state index is 14.6. The van der Waals surface area contributed by atoms with Gasteiger partial charge in [-0.3, -0.25) is 9.59 Å². The Labute approximate surface area is 313 Å². The molecule has 0 spiro atoms. The second kappa shape index (κ2) is 28.6. The highest BCUT2D eigenvalue weighted by atomic mass is 16.7. The molecule has 0 saturated carbocycles. The summed E-state index contributed by atoms with van der Waals surface area (Å²) in [5.74, 6) is -1.67. The predicted octanol–water partition coefficient (Wildman–Crippen LogP) is 10.5. The van der Waals surface area contributed by atoms with Crippen molar-refractivity contribution in [2.24, 2.45) is 22.7 Å². The number of alkyl carbamates (subject to hydrolysis) is 1. The van der Waals surface area contributed by atoms with Crippen molar-refractivity contribution >= 4 is 18.0 Å². The van der Waals surface area contributed by atoms with E-state index in [1.807, 2.05) is 19.0 Å². The zero-order chi connectivity index (χ0) is 37.8. The fourth-order valence-corrected chi connectivity index (χ4v) is 8.25. The topological polar surface area (TPSA) is 114 Å². The van der Waals surface area contributed by atoms with Crippen LogP contribution >= 0.6 is 0 Å². The van der Waals surface area contributed by atoms with Crippen molar-refractivity contribution < 1.29 is 33.7 Å². The summed E-state index contributed by atoms with van der Waals surface area (Å²) in [6, 6.07) is 0. The van der Waals surface area contributed by atoms with Crippen molar-refractivity contribution in [3.05, 3.63) is 0 Å². The minimum absolute atomic E-state index is 0.279. The largest absolute Gasteiger partial charge is 0.481 e. The van der Waals surface area contributed by atoms with Crippen LogP contribution in [0.4, 0.5) is 4.79 Å². The number of hydrogen-bond donors (Lipinski definition) is 2. The third kappa shape index (κ3) is 17.7. The van der Waals surface area contributed by atoms with E-state index in [0.29, 0.717) is 52.0 Å². The molecule has 1 fully saturated rings. The average molecular weight is 725 g/mol. The predicted molar refractivity (Wildman–Crippen MR) is 208 cm³/mol. The van der Waals surface area contributed by atoms with Crippen molar-refractivity contribution in [3.8, 4) is 0 Å².